The highest BCUT2D eigenvalue weighted by Crippen LogP contribution is 2.45. The van der Waals surface area contributed by atoms with Crippen molar-refractivity contribution in [2.75, 3.05) is 0 Å². The molecule has 1 saturated carbocycles. The Morgan fingerprint density at radius 3 is 2.15 bits per heavy atom. The van der Waals surface area contributed by atoms with Gasteiger partial charge in [-0.2, -0.15) is 0 Å². The molecule has 41 heavy (non-hydrogen) atoms. The lowest BCUT2D eigenvalue weighted by Crippen LogP contribution is -2.54. The van der Waals surface area contributed by atoms with Gasteiger partial charge in [0, 0.05) is 40.8 Å². The van der Waals surface area contributed by atoms with Crippen molar-refractivity contribution in [3.63, 3.8) is 0 Å². The van der Waals surface area contributed by atoms with Crippen LogP contribution in [0.5, 0.6) is 0 Å². The second kappa shape index (κ2) is 13.3. The van der Waals surface area contributed by atoms with Gasteiger partial charge in [-0.1, -0.05) is 114 Å². The first-order valence-corrected chi connectivity index (χ1v) is 16.2. The average molecular weight is 556 g/mol. The molecule has 2 aromatic carbocycles. The number of hydrogen-bond donors (Lipinski definition) is 1. The molecule has 3 aromatic rings. The van der Waals surface area contributed by atoms with Crippen LogP contribution in [-0.4, -0.2) is 33.4 Å². The smallest absolute Gasteiger partial charge is 0.255 e. The van der Waals surface area contributed by atoms with Crippen molar-refractivity contribution in [1.82, 2.24) is 14.8 Å². The van der Waals surface area contributed by atoms with Crippen LogP contribution in [-0.2, 0) is 11.8 Å². The Kier molecular flexibility index (Phi) is 9.52. The molecule has 1 aliphatic heterocycles. The van der Waals surface area contributed by atoms with Crippen molar-refractivity contribution in [2.24, 2.45) is 13.0 Å². The largest absolute Gasteiger partial charge is 0.352 e. The Morgan fingerprint density at radius 2 is 1.49 bits per heavy atom. The standard InChI is InChI=1S/C36H49N3O2/c1-5-25(2)33(35(40)37-27-19-13-11-9-7-6-8-10-12-14-20-27)39-34(28-21-15-16-22-29(28)36(39)41)32-26(3)38(4)31-24-18-17-23-30(31)32/h15-18,21-25,27,33-34H,5-14,19-20H2,1-4H3,(H,37,40). The molecule has 3 unspecified atom stereocenters. The number of amides is 2. The van der Waals surface area contributed by atoms with E-state index in [1.54, 1.807) is 0 Å². The highest BCUT2D eigenvalue weighted by molar-refractivity contribution is 6.03. The SMILES string of the molecule is CCC(C)C(C(=O)NC1CCCCCCCCCCC1)N1C(=O)c2ccccc2C1c1c(C)n(C)c2ccccc12. The molecule has 0 saturated heterocycles. The minimum absolute atomic E-state index is 0.0143. The fourth-order valence-corrected chi connectivity index (χ4v) is 7.29. The predicted molar refractivity (Wildman–Crippen MR) is 168 cm³/mol. The van der Waals surface area contributed by atoms with Crippen molar-refractivity contribution in [3.05, 3.63) is 70.9 Å². The van der Waals surface area contributed by atoms with Crippen molar-refractivity contribution >= 4 is 22.7 Å². The van der Waals surface area contributed by atoms with Crippen molar-refractivity contribution in [3.8, 4) is 0 Å². The van der Waals surface area contributed by atoms with Crippen LogP contribution >= 0.6 is 0 Å². The van der Waals surface area contributed by atoms with Crippen LogP contribution in [0.1, 0.15) is 124 Å². The Labute approximate surface area is 246 Å². The molecule has 1 fully saturated rings. The molecule has 1 N–H and O–H groups in total. The molecule has 5 nitrogen and oxygen atoms in total. The maximum atomic E-state index is 14.4. The summed E-state index contributed by atoms with van der Waals surface area (Å²) < 4.78 is 2.22. The normalized spacial score (nSPS) is 20.7. The molecule has 0 radical (unpaired) electrons. The van der Waals surface area contributed by atoms with Crippen LogP contribution in [0.3, 0.4) is 0 Å². The Bertz CT molecular complexity index is 1350. The van der Waals surface area contributed by atoms with E-state index in [9.17, 15) is 9.59 Å². The van der Waals surface area contributed by atoms with Gasteiger partial charge in [0.15, 0.2) is 0 Å². The van der Waals surface area contributed by atoms with Gasteiger partial charge in [0.1, 0.15) is 6.04 Å². The number of aromatic nitrogens is 1. The summed E-state index contributed by atoms with van der Waals surface area (Å²) in [4.78, 5) is 30.6. The highest BCUT2D eigenvalue weighted by Gasteiger charge is 2.47. The van der Waals surface area contributed by atoms with Crippen LogP contribution in [0.25, 0.3) is 10.9 Å². The second-order valence-electron chi connectivity index (χ2n) is 12.6. The van der Waals surface area contributed by atoms with E-state index in [-0.39, 0.29) is 29.8 Å². The quantitative estimate of drug-likeness (QED) is 0.333. The number of benzene rings is 2. The van der Waals surface area contributed by atoms with Crippen LogP contribution in [0, 0.1) is 12.8 Å². The minimum atomic E-state index is -0.537. The van der Waals surface area contributed by atoms with E-state index in [0.717, 1.165) is 65.4 Å². The monoisotopic (exact) mass is 555 g/mol. The van der Waals surface area contributed by atoms with Crippen LogP contribution in [0.2, 0.25) is 0 Å². The van der Waals surface area contributed by atoms with Crippen LogP contribution in [0.4, 0.5) is 0 Å². The lowest BCUT2D eigenvalue weighted by molar-refractivity contribution is -0.128. The summed E-state index contributed by atoms with van der Waals surface area (Å²) in [5, 5.41) is 4.65. The maximum absolute atomic E-state index is 14.4. The maximum Gasteiger partial charge on any atom is 0.255 e. The summed E-state index contributed by atoms with van der Waals surface area (Å²) in [7, 11) is 2.09. The van der Waals surface area contributed by atoms with Gasteiger partial charge in [-0.15, -0.1) is 0 Å². The molecule has 1 aromatic heterocycles. The number of aryl methyl sites for hydroxylation is 1. The zero-order chi connectivity index (χ0) is 28.9. The lowest BCUT2D eigenvalue weighted by Gasteiger charge is -2.37. The van der Waals surface area contributed by atoms with E-state index in [0.29, 0.717) is 0 Å². The van der Waals surface area contributed by atoms with E-state index in [4.69, 9.17) is 0 Å². The van der Waals surface area contributed by atoms with E-state index < -0.39 is 6.04 Å². The number of nitrogens with one attached hydrogen (secondary N) is 1. The van der Waals surface area contributed by atoms with Gasteiger partial charge in [0.05, 0.1) is 6.04 Å². The number of hydrogen-bond acceptors (Lipinski definition) is 2. The van der Waals surface area contributed by atoms with E-state index in [2.05, 4.69) is 68.0 Å². The third-order valence-corrected chi connectivity index (χ3v) is 9.92. The van der Waals surface area contributed by atoms with Gasteiger partial charge in [-0.25, -0.2) is 0 Å². The molecule has 2 amide bonds. The van der Waals surface area contributed by atoms with Crippen molar-refractivity contribution in [2.45, 2.75) is 116 Å². The molecule has 5 rings (SSSR count). The fraction of sp³-hybridized carbons (Fsp3) is 0.556. The lowest BCUT2D eigenvalue weighted by atomic mass is 9.91. The number of rotatable bonds is 6. The third kappa shape index (κ3) is 5.96. The van der Waals surface area contributed by atoms with Gasteiger partial charge >= 0.3 is 0 Å². The minimum Gasteiger partial charge on any atom is -0.352 e. The summed E-state index contributed by atoms with van der Waals surface area (Å²) in [6.07, 6.45) is 14.3. The predicted octanol–water partition coefficient (Wildman–Crippen LogP) is 8.24. The highest BCUT2D eigenvalue weighted by atomic mass is 16.2. The Hall–Kier alpha value is -3.08. The van der Waals surface area contributed by atoms with E-state index >= 15 is 0 Å². The Morgan fingerprint density at radius 1 is 0.902 bits per heavy atom. The summed E-state index contributed by atoms with van der Waals surface area (Å²) in [6, 6.07) is 15.7. The fourth-order valence-electron chi connectivity index (χ4n) is 7.29. The van der Waals surface area contributed by atoms with Crippen molar-refractivity contribution in [1.29, 1.82) is 0 Å². The third-order valence-electron chi connectivity index (χ3n) is 9.92. The van der Waals surface area contributed by atoms with Gasteiger partial charge in [-0.05, 0) is 43.4 Å². The summed E-state index contributed by atoms with van der Waals surface area (Å²) in [5.74, 6) is 0.00913. The van der Waals surface area contributed by atoms with E-state index in [1.807, 2.05) is 23.1 Å². The van der Waals surface area contributed by atoms with Crippen molar-refractivity contribution < 1.29 is 9.59 Å². The molecule has 3 atom stereocenters. The Balaban J connectivity index is 1.52. The van der Waals surface area contributed by atoms with Crippen LogP contribution in [0.15, 0.2) is 48.5 Å². The number of nitrogens with zero attached hydrogens (tertiary/aromatic N) is 2. The molecule has 0 bridgehead atoms. The second-order valence-corrected chi connectivity index (χ2v) is 12.6. The van der Waals surface area contributed by atoms with Gasteiger partial charge < -0.3 is 14.8 Å². The van der Waals surface area contributed by atoms with Gasteiger partial charge in [0.25, 0.3) is 5.91 Å². The number of para-hydroxylation sites is 1. The van der Waals surface area contributed by atoms with Gasteiger partial charge in [-0.3, -0.25) is 9.59 Å². The topological polar surface area (TPSA) is 54.3 Å². The molecular weight excluding hydrogens is 506 g/mol. The number of carbonyl (C=O) groups is 2. The molecule has 1 aliphatic carbocycles. The first-order chi connectivity index (χ1) is 19.9. The average Bonchev–Trinajstić information content (AvgIpc) is 3.39. The molecule has 0 spiro atoms. The summed E-state index contributed by atoms with van der Waals surface area (Å²) >= 11 is 0. The molecule has 2 heterocycles. The zero-order valence-electron chi connectivity index (χ0n) is 25.6. The van der Waals surface area contributed by atoms with Gasteiger partial charge in [0.2, 0.25) is 5.91 Å². The first-order valence-electron chi connectivity index (χ1n) is 16.2. The summed E-state index contributed by atoms with van der Waals surface area (Å²) in [6.45, 7) is 6.41. The molecule has 5 heteroatoms. The number of fused-ring (bicyclic) bond motifs is 2. The molecular formula is C36H49N3O2. The molecule has 220 valence electrons. The summed E-state index contributed by atoms with van der Waals surface area (Å²) in [5.41, 5.74) is 5.14. The van der Waals surface area contributed by atoms with E-state index in [1.165, 1.54) is 44.9 Å². The zero-order valence-corrected chi connectivity index (χ0v) is 25.6. The van der Waals surface area contributed by atoms with Crippen LogP contribution < -0.4 is 5.32 Å². The molecule has 2 aliphatic rings. The number of carbonyl (C=O) groups excluding carboxylic acids is 2. The first kappa shape index (κ1) is 29.4.